The Morgan fingerprint density at radius 2 is 2.08 bits per heavy atom. The fourth-order valence-corrected chi connectivity index (χ4v) is 3.93. The van der Waals surface area contributed by atoms with E-state index in [0.29, 0.717) is 17.4 Å². The number of benzene rings is 1. The van der Waals surface area contributed by atoms with E-state index in [4.69, 9.17) is 21.1 Å². The first-order valence-electron chi connectivity index (χ1n) is 8.39. The lowest BCUT2D eigenvalue weighted by atomic mass is 10.1. The molecule has 7 heteroatoms. The summed E-state index contributed by atoms with van der Waals surface area (Å²) < 4.78 is 10.5. The summed E-state index contributed by atoms with van der Waals surface area (Å²) in [6.45, 7) is 2.13. The fraction of sp³-hybridized carbons (Fsp3) is 0.444. The number of halogens is 1. The van der Waals surface area contributed by atoms with Gasteiger partial charge in [0.25, 0.3) is 0 Å². The van der Waals surface area contributed by atoms with Gasteiger partial charge in [0.2, 0.25) is 5.28 Å². The number of hydrogen-bond donors (Lipinski definition) is 0. The molecule has 2 bridgehead atoms. The van der Waals surface area contributed by atoms with Crippen molar-refractivity contribution in [1.82, 2.24) is 9.97 Å². The summed E-state index contributed by atoms with van der Waals surface area (Å²) in [6, 6.07) is 11.8. The Kier molecular flexibility index (Phi) is 4.63. The molecule has 4 rings (SSSR count). The first kappa shape index (κ1) is 16.4. The molecule has 0 aliphatic carbocycles. The Labute approximate surface area is 152 Å². The van der Waals surface area contributed by atoms with Crippen LogP contribution in [0.5, 0.6) is 5.75 Å². The lowest BCUT2D eigenvalue weighted by Crippen LogP contribution is -2.54. The monoisotopic (exact) mass is 359 g/mol. The molecule has 131 valence electrons. The van der Waals surface area contributed by atoms with Crippen LogP contribution >= 0.6 is 11.6 Å². The highest BCUT2D eigenvalue weighted by atomic mass is 35.5. The number of ether oxygens (including phenoxy) is 2. The quantitative estimate of drug-likeness (QED) is 0.604. The number of hydrogen-bond acceptors (Lipinski definition) is 6. The normalized spacial score (nSPS) is 22.3. The standard InChI is InChI=1S/C18H20ClN4O2/c1-24-12-25-16-4-2-3-13(9-16)22-10-14-5-6-15(11-22)23(14)17-7-8-20-18(19)21-17/h3-4,7-9,14-15H,5-6,10-12H2,1H3. The van der Waals surface area contributed by atoms with Crippen molar-refractivity contribution in [1.29, 1.82) is 0 Å². The van der Waals surface area contributed by atoms with Crippen molar-refractivity contribution in [3.05, 3.63) is 41.8 Å². The van der Waals surface area contributed by atoms with Crippen LogP contribution in [-0.4, -0.2) is 49.0 Å². The van der Waals surface area contributed by atoms with E-state index in [1.807, 2.05) is 24.3 Å². The molecule has 1 aromatic carbocycles. The number of nitrogens with zero attached hydrogens (tertiary/aromatic N) is 4. The Balaban J connectivity index is 1.52. The Hall–Kier alpha value is -2.05. The molecule has 2 unspecified atom stereocenters. The zero-order valence-electron chi connectivity index (χ0n) is 14.1. The van der Waals surface area contributed by atoms with E-state index in [-0.39, 0.29) is 6.79 Å². The molecule has 25 heavy (non-hydrogen) atoms. The molecule has 2 saturated heterocycles. The Morgan fingerprint density at radius 3 is 2.80 bits per heavy atom. The van der Waals surface area contributed by atoms with Crippen LogP contribution in [0.3, 0.4) is 0 Å². The first-order chi connectivity index (χ1) is 12.2. The molecular formula is C18H20ClN4O2. The average molecular weight is 360 g/mol. The summed E-state index contributed by atoms with van der Waals surface area (Å²) in [5.41, 5.74) is 1.13. The number of aromatic nitrogens is 2. The molecule has 2 fully saturated rings. The van der Waals surface area contributed by atoms with Gasteiger partial charge >= 0.3 is 0 Å². The molecule has 0 saturated carbocycles. The number of anilines is 2. The van der Waals surface area contributed by atoms with E-state index in [0.717, 1.165) is 43.2 Å². The third kappa shape index (κ3) is 3.37. The van der Waals surface area contributed by atoms with Crippen LogP contribution in [0.15, 0.2) is 30.5 Å². The SMILES string of the molecule is COCOc1c[c]cc(N2CC3CCC(C2)N3c2ccnc(Cl)n2)c1. The van der Waals surface area contributed by atoms with Gasteiger partial charge in [-0.1, -0.05) is 0 Å². The second-order valence-electron chi connectivity index (χ2n) is 6.36. The summed E-state index contributed by atoms with van der Waals surface area (Å²) in [7, 11) is 1.61. The summed E-state index contributed by atoms with van der Waals surface area (Å²) in [5.74, 6) is 1.70. The molecule has 2 aliphatic heterocycles. The van der Waals surface area contributed by atoms with Crippen molar-refractivity contribution in [3.63, 3.8) is 0 Å². The predicted octanol–water partition coefficient (Wildman–Crippen LogP) is 2.77. The predicted molar refractivity (Wildman–Crippen MR) is 96.3 cm³/mol. The van der Waals surface area contributed by atoms with Gasteiger partial charge in [-0.05, 0) is 48.7 Å². The molecule has 1 radical (unpaired) electrons. The maximum atomic E-state index is 5.98. The second-order valence-corrected chi connectivity index (χ2v) is 6.70. The van der Waals surface area contributed by atoms with Crippen molar-refractivity contribution in [2.24, 2.45) is 0 Å². The molecule has 0 amide bonds. The molecule has 0 spiro atoms. The van der Waals surface area contributed by atoms with Gasteiger partial charge in [-0.2, -0.15) is 0 Å². The molecule has 1 aromatic heterocycles. The van der Waals surface area contributed by atoms with E-state index >= 15 is 0 Å². The van der Waals surface area contributed by atoms with Crippen LogP contribution < -0.4 is 14.5 Å². The van der Waals surface area contributed by atoms with E-state index in [9.17, 15) is 0 Å². The van der Waals surface area contributed by atoms with E-state index < -0.39 is 0 Å². The molecular weight excluding hydrogens is 340 g/mol. The fourth-order valence-electron chi connectivity index (χ4n) is 3.79. The van der Waals surface area contributed by atoms with Gasteiger partial charge in [0, 0.05) is 50.2 Å². The first-order valence-corrected chi connectivity index (χ1v) is 8.77. The zero-order chi connectivity index (χ0) is 17.2. The maximum absolute atomic E-state index is 5.98. The van der Waals surface area contributed by atoms with E-state index in [1.54, 1.807) is 13.3 Å². The highest BCUT2D eigenvalue weighted by Crippen LogP contribution is 2.36. The minimum absolute atomic E-state index is 0.241. The molecule has 3 heterocycles. The highest BCUT2D eigenvalue weighted by molar-refractivity contribution is 6.28. The average Bonchev–Trinajstić information content (AvgIpc) is 2.90. The van der Waals surface area contributed by atoms with Gasteiger partial charge in [0.15, 0.2) is 6.79 Å². The molecule has 2 aliphatic rings. The van der Waals surface area contributed by atoms with Crippen LogP contribution in [-0.2, 0) is 4.74 Å². The minimum Gasteiger partial charge on any atom is -0.467 e. The number of fused-ring (bicyclic) bond motifs is 2. The van der Waals surface area contributed by atoms with Gasteiger partial charge in [-0.25, -0.2) is 9.97 Å². The Morgan fingerprint density at radius 1 is 1.28 bits per heavy atom. The van der Waals surface area contributed by atoms with Gasteiger partial charge in [-0.15, -0.1) is 0 Å². The molecule has 6 nitrogen and oxygen atoms in total. The molecule has 0 N–H and O–H groups in total. The van der Waals surface area contributed by atoms with Crippen molar-refractivity contribution < 1.29 is 9.47 Å². The minimum atomic E-state index is 0.241. The summed E-state index contributed by atoms with van der Waals surface area (Å²) >= 11 is 5.98. The molecule has 2 atom stereocenters. The van der Waals surface area contributed by atoms with Crippen LogP contribution in [0.25, 0.3) is 0 Å². The van der Waals surface area contributed by atoms with Crippen LogP contribution in [0.4, 0.5) is 11.5 Å². The third-order valence-corrected chi connectivity index (χ3v) is 5.00. The van der Waals surface area contributed by atoms with Gasteiger partial charge in [-0.3, -0.25) is 0 Å². The number of methoxy groups -OCH3 is 1. The van der Waals surface area contributed by atoms with Crippen LogP contribution in [0.1, 0.15) is 12.8 Å². The summed E-state index contributed by atoms with van der Waals surface area (Å²) in [4.78, 5) is 13.2. The van der Waals surface area contributed by atoms with Gasteiger partial charge in [0.05, 0.1) is 0 Å². The largest absolute Gasteiger partial charge is 0.467 e. The molecule has 2 aromatic rings. The van der Waals surface area contributed by atoms with Gasteiger partial charge < -0.3 is 19.3 Å². The van der Waals surface area contributed by atoms with Crippen LogP contribution in [0.2, 0.25) is 5.28 Å². The smallest absolute Gasteiger partial charge is 0.224 e. The summed E-state index contributed by atoms with van der Waals surface area (Å²) in [6.07, 6.45) is 4.04. The van der Waals surface area contributed by atoms with Crippen molar-refractivity contribution in [2.75, 3.05) is 36.8 Å². The van der Waals surface area contributed by atoms with E-state index in [1.165, 1.54) is 0 Å². The lowest BCUT2D eigenvalue weighted by molar-refractivity contribution is 0.0511. The van der Waals surface area contributed by atoms with Gasteiger partial charge in [0.1, 0.15) is 11.6 Å². The topological polar surface area (TPSA) is 50.7 Å². The maximum Gasteiger partial charge on any atom is 0.224 e. The van der Waals surface area contributed by atoms with E-state index in [2.05, 4.69) is 25.8 Å². The van der Waals surface area contributed by atoms with Crippen LogP contribution in [0, 0.1) is 6.07 Å². The zero-order valence-corrected chi connectivity index (χ0v) is 14.8. The lowest BCUT2D eigenvalue weighted by Gasteiger charge is -2.42. The summed E-state index contributed by atoms with van der Waals surface area (Å²) in [5, 5.41) is 0.303. The van der Waals surface area contributed by atoms with Crippen molar-refractivity contribution >= 4 is 23.1 Å². The second kappa shape index (κ2) is 7.06. The van der Waals surface area contributed by atoms with Crippen molar-refractivity contribution in [2.45, 2.75) is 24.9 Å². The highest BCUT2D eigenvalue weighted by Gasteiger charge is 2.40. The van der Waals surface area contributed by atoms with Crippen molar-refractivity contribution in [3.8, 4) is 5.75 Å². The Bertz CT molecular complexity index is 731. The third-order valence-electron chi connectivity index (χ3n) is 4.81. The number of rotatable bonds is 5. The number of piperazine rings is 1.